The summed E-state index contributed by atoms with van der Waals surface area (Å²) in [5.41, 5.74) is 14.8. The Morgan fingerprint density at radius 1 is 1.37 bits per heavy atom. The number of nitrogens with one attached hydrogen (secondary N) is 1. The summed E-state index contributed by atoms with van der Waals surface area (Å²) in [7, 11) is 0. The summed E-state index contributed by atoms with van der Waals surface area (Å²) in [6.07, 6.45) is 3.54. The first-order valence-electron chi connectivity index (χ1n) is 5.90. The topological polar surface area (TPSA) is 94.0 Å². The molecule has 2 aromatic rings. The number of hydrogen-bond donors (Lipinski definition) is 3. The highest BCUT2D eigenvalue weighted by molar-refractivity contribution is 5.99. The van der Waals surface area contributed by atoms with Crippen LogP contribution in [0.3, 0.4) is 0 Å². The highest BCUT2D eigenvalue weighted by atomic mass is 16.1. The van der Waals surface area contributed by atoms with Crippen LogP contribution in [0, 0.1) is 6.92 Å². The number of aromatic nitrogens is 1. The SMILES string of the molecule is Cc1cnccc1CNc1ccc(N)cc1C(N)=O. The average Bonchev–Trinajstić information content (AvgIpc) is 2.38. The van der Waals surface area contributed by atoms with E-state index in [1.165, 1.54) is 0 Å². The molecule has 1 aromatic heterocycles. The number of nitrogens with two attached hydrogens (primary N) is 2. The van der Waals surface area contributed by atoms with E-state index in [1.807, 2.05) is 13.0 Å². The Bertz CT molecular complexity index is 610. The molecular formula is C14H16N4O. The van der Waals surface area contributed by atoms with Gasteiger partial charge in [0.2, 0.25) is 0 Å². The summed E-state index contributed by atoms with van der Waals surface area (Å²) >= 11 is 0. The molecule has 0 aliphatic carbocycles. The van der Waals surface area contributed by atoms with Crippen LogP contribution in [0.2, 0.25) is 0 Å². The van der Waals surface area contributed by atoms with Crippen molar-refractivity contribution >= 4 is 17.3 Å². The molecule has 19 heavy (non-hydrogen) atoms. The smallest absolute Gasteiger partial charge is 0.250 e. The Kier molecular flexibility index (Phi) is 3.66. The van der Waals surface area contributed by atoms with E-state index < -0.39 is 5.91 Å². The van der Waals surface area contributed by atoms with E-state index in [1.54, 1.807) is 30.6 Å². The van der Waals surface area contributed by atoms with Gasteiger partial charge in [-0.15, -0.1) is 0 Å². The molecule has 0 atom stereocenters. The molecule has 0 spiro atoms. The monoisotopic (exact) mass is 256 g/mol. The number of benzene rings is 1. The number of rotatable bonds is 4. The molecule has 98 valence electrons. The zero-order valence-electron chi connectivity index (χ0n) is 10.7. The number of nitrogens with zero attached hydrogens (tertiary/aromatic N) is 1. The molecule has 0 saturated carbocycles. The lowest BCUT2D eigenvalue weighted by Gasteiger charge is -2.12. The summed E-state index contributed by atoms with van der Waals surface area (Å²) in [6, 6.07) is 6.99. The van der Waals surface area contributed by atoms with Crippen molar-refractivity contribution in [2.24, 2.45) is 5.73 Å². The molecule has 0 aliphatic rings. The van der Waals surface area contributed by atoms with Crippen LogP contribution in [-0.2, 0) is 6.54 Å². The van der Waals surface area contributed by atoms with Crippen LogP contribution in [0.5, 0.6) is 0 Å². The summed E-state index contributed by atoms with van der Waals surface area (Å²) in [5, 5.41) is 3.19. The van der Waals surface area contributed by atoms with Gasteiger partial charge in [0.15, 0.2) is 0 Å². The number of pyridine rings is 1. The molecule has 0 aliphatic heterocycles. The fourth-order valence-electron chi connectivity index (χ4n) is 1.81. The molecule has 0 unspecified atom stereocenters. The van der Waals surface area contributed by atoms with Gasteiger partial charge >= 0.3 is 0 Å². The van der Waals surface area contributed by atoms with Crippen molar-refractivity contribution < 1.29 is 4.79 Å². The van der Waals surface area contributed by atoms with Gasteiger partial charge in [0.25, 0.3) is 5.91 Å². The maximum absolute atomic E-state index is 11.4. The molecule has 5 nitrogen and oxygen atoms in total. The van der Waals surface area contributed by atoms with Crippen molar-refractivity contribution in [2.45, 2.75) is 13.5 Å². The lowest BCUT2D eigenvalue weighted by atomic mass is 10.1. The minimum absolute atomic E-state index is 0.395. The third-order valence-electron chi connectivity index (χ3n) is 2.91. The van der Waals surface area contributed by atoms with Crippen LogP contribution in [0.25, 0.3) is 0 Å². The lowest BCUT2D eigenvalue weighted by Crippen LogP contribution is -2.15. The maximum atomic E-state index is 11.4. The summed E-state index contributed by atoms with van der Waals surface area (Å²) in [5.74, 6) is -0.499. The van der Waals surface area contributed by atoms with E-state index in [4.69, 9.17) is 11.5 Å². The molecule has 0 fully saturated rings. The van der Waals surface area contributed by atoms with Gasteiger partial charge in [-0.3, -0.25) is 9.78 Å². The van der Waals surface area contributed by atoms with Crippen LogP contribution in [0.1, 0.15) is 21.5 Å². The highest BCUT2D eigenvalue weighted by Crippen LogP contribution is 2.19. The molecule has 2 rings (SSSR count). The van der Waals surface area contributed by atoms with Crippen molar-refractivity contribution in [3.05, 3.63) is 53.3 Å². The average molecular weight is 256 g/mol. The first-order chi connectivity index (χ1) is 9.08. The van der Waals surface area contributed by atoms with Crippen molar-refractivity contribution in [1.29, 1.82) is 0 Å². The number of hydrogen-bond acceptors (Lipinski definition) is 4. The standard InChI is InChI=1S/C14H16N4O/c1-9-7-17-5-4-10(9)8-18-13-3-2-11(15)6-12(13)14(16)19/h2-7,18H,8,15H2,1H3,(H2,16,19). The van der Waals surface area contributed by atoms with Gasteiger partial charge in [-0.05, 0) is 42.3 Å². The fourth-order valence-corrected chi connectivity index (χ4v) is 1.81. The normalized spacial score (nSPS) is 10.2. The number of carbonyl (C=O) groups excluding carboxylic acids is 1. The molecular weight excluding hydrogens is 240 g/mol. The molecule has 0 bridgehead atoms. The van der Waals surface area contributed by atoms with Crippen LogP contribution in [0.4, 0.5) is 11.4 Å². The van der Waals surface area contributed by atoms with Gasteiger partial charge in [0.05, 0.1) is 5.56 Å². The highest BCUT2D eigenvalue weighted by Gasteiger charge is 2.08. The number of aryl methyl sites for hydroxylation is 1. The van der Waals surface area contributed by atoms with Crippen molar-refractivity contribution in [1.82, 2.24) is 4.98 Å². The van der Waals surface area contributed by atoms with Crippen molar-refractivity contribution in [3.63, 3.8) is 0 Å². The summed E-state index contributed by atoms with van der Waals surface area (Å²) in [4.78, 5) is 15.4. The largest absolute Gasteiger partial charge is 0.399 e. The fraction of sp³-hybridized carbons (Fsp3) is 0.143. The van der Waals surface area contributed by atoms with E-state index in [2.05, 4.69) is 10.3 Å². The first-order valence-corrected chi connectivity index (χ1v) is 5.90. The summed E-state index contributed by atoms with van der Waals surface area (Å²) in [6.45, 7) is 2.58. The molecule has 5 N–H and O–H groups in total. The van der Waals surface area contributed by atoms with Gasteiger partial charge in [0.1, 0.15) is 0 Å². The number of carbonyl (C=O) groups is 1. The van der Waals surface area contributed by atoms with E-state index in [0.717, 1.165) is 11.1 Å². The third kappa shape index (κ3) is 3.01. The minimum Gasteiger partial charge on any atom is -0.399 e. The maximum Gasteiger partial charge on any atom is 0.250 e. The number of nitrogen functional groups attached to an aromatic ring is 1. The predicted molar refractivity (Wildman–Crippen MR) is 75.7 cm³/mol. The van der Waals surface area contributed by atoms with Gasteiger partial charge in [-0.2, -0.15) is 0 Å². The van der Waals surface area contributed by atoms with Crippen LogP contribution in [-0.4, -0.2) is 10.9 Å². The van der Waals surface area contributed by atoms with Gasteiger partial charge in [-0.25, -0.2) is 0 Å². The van der Waals surface area contributed by atoms with E-state index in [0.29, 0.717) is 23.5 Å². The Hall–Kier alpha value is -2.56. The van der Waals surface area contributed by atoms with E-state index >= 15 is 0 Å². The van der Waals surface area contributed by atoms with Crippen molar-refractivity contribution in [2.75, 3.05) is 11.1 Å². The number of amides is 1. The lowest BCUT2D eigenvalue weighted by molar-refractivity contribution is 0.100. The Morgan fingerprint density at radius 3 is 2.84 bits per heavy atom. The Balaban J connectivity index is 2.20. The van der Waals surface area contributed by atoms with E-state index in [9.17, 15) is 4.79 Å². The van der Waals surface area contributed by atoms with Crippen LogP contribution < -0.4 is 16.8 Å². The zero-order valence-corrected chi connectivity index (χ0v) is 10.7. The number of primary amides is 1. The molecule has 1 aromatic carbocycles. The van der Waals surface area contributed by atoms with Gasteiger partial charge in [0, 0.05) is 30.3 Å². The summed E-state index contributed by atoms with van der Waals surface area (Å²) < 4.78 is 0. The van der Waals surface area contributed by atoms with Gasteiger partial charge < -0.3 is 16.8 Å². The van der Waals surface area contributed by atoms with Crippen molar-refractivity contribution in [3.8, 4) is 0 Å². The Morgan fingerprint density at radius 2 is 2.16 bits per heavy atom. The molecule has 0 saturated heterocycles. The number of anilines is 2. The Labute approximate surface area is 111 Å². The predicted octanol–water partition coefficient (Wildman–Crippen LogP) is 1.68. The van der Waals surface area contributed by atoms with Crippen LogP contribution >= 0.6 is 0 Å². The molecule has 1 amide bonds. The van der Waals surface area contributed by atoms with E-state index in [-0.39, 0.29) is 0 Å². The zero-order chi connectivity index (χ0) is 13.8. The van der Waals surface area contributed by atoms with Crippen LogP contribution in [0.15, 0.2) is 36.7 Å². The molecule has 1 heterocycles. The molecule has 5 heteroatoms. The first kappa shape index (κ1) is 12.9. The third-order valence-corrected chi connectivity index (χ3v) is 2.91. The second-order valence-corrected chi connectivity index (χ2v) is 4.32. The quantitative estimate of drug-likeness (QED) is 0.725. The molecule has 0 radical (unpaired) electrons. The second-order valence-electron chi connectivity index (χ2n) is 4.32. The minimum atomic E-state index is -0.499. The second kappa shape index (κ2) is 5.39. The van der Waals surface area contributed by atoms with Gasteiger partial charge in [-0.1, -0.05) is 0 Å².